The lowest BCUT2D eigenvalue weighted by Crippen LogP contribution is -2.41. The highest BCUT2D eigenvalue weighted by atomic mass is 32.1. The number of piperidine rings is 1. The van der Waals surface area contributed by atoms with Gasteiger partial charge in [-0.1, -0.05) is 0 Å². The summed E-state index contributed by atoms with van der Waals surface area (Å²) in [5.74, 6) is -0.887. The Labute approximate surface area is 115 Å². The molecule has 0 spiro atoms. The van der Waals surface area contributed by atoms with Crippen molar-refractivity contribution >= 4 is 23.2 Å². The molecule has 1 aromatic rings. The van der Waals surface area contributed by atoms with Crippen molar-refractivity contribution in [3.63, 3.8) is 0 Å². The Kier molecular flexibility index (Phi) is 4.86. The maximum Gasteiger partial charge on any atom is 0.355 e. The van der Waals surface area contributed by atoms with Crippen molar-refractivity contribution in [3.8, 4) is 0 Å². The van der Waals surface area contributed by atoms with E-state index in [2.05, 4.69) is 15.6 Å². The van der Waals surface area contributed by atoms with E-state index >= 15 is 0 Å². The van der Waals surface area contributed by atoms with E-state index in [4.69, 9.17) is 5.11 Å². The van der Waals surface area contributed by atoms with Crippen LogP contribution in [0.1, 0.15) is 28.3 Å². The first-order valence-electron chi connectivity index (χ1n) is 6.33. The number of carboxylic acid groups (broad SMARTS) is 1. The molecule has 1 amide bonds. The minimum atomic E-state index is -1.01. The number of aromatic carboxylic acids is 1. The summed E-state index contributed by atoms with van der Waals surface area (Å²) < 4.78 is 0. The van der Waals surface area contributed by atoms with E-state index in [1.807, 2.05) is 0 Å². The molecule has 1 aliphatic rings. The topological polar surface area (TPSA) is 91.3 Å². The van der Waals surface area contributed by atoms with Crippen molar-refractivity contribution < 1.29 is 14.7 Å². The van der Waals surface area contributed by atoms with Crippen LogP contribution in [-0.2, 0) is 11.2 Å². The van der Waals surface area contributed by atoms with Gasteiger partial charge < -0.3 is 15.7 Å². The maximum atomic E-state index is 11.8. The summed E-state index contributed by atoms with van der Waals surface area (Å²) in [5.41, 5.74) is 0.0720. The first-order valence-corrected chi connectivity index (χ1v) is 7.21. The Morgan fingerprint density at radius 3 is 3.05 bits per heavy atom. The molecule has 104 valence electrons. The fourth-order valence-corrected chi connectivity index (χ4v) is 2.81. The molecular weight excluding hydrogens is 266 g/mol. The van der Waals surface area contributed by atoms with Crippen molar-refractivity contribution in [2.45, 2.75) is 19.3 Å². The molecule has 0 aliphatic carbocycles. The fourth-order valence-electron chi connectivity index (χ4n) is 2.04. The minimum Gasteiger partial charge on any atom is -0.476 e. The number of hydrogen-bond acceptors (Lipinski definition) is 5. The zero-order chi connectivity index (χ0) is 13.7. The van der Waals surface area contributed by atoms with E-state index in [1.54, 1.807) is 0 Å². The standard InChI is InChI=1S/C12H17N3O3S/c16-11(8-2-1-4-13-6-8)14-5-3-10-15-9(7-19-10)12(17)18/h7-8,13H,1-6H2,(H,14,16)(H,17,18)/t8-/m1/s1. The summed E-state index contributed by atoms with van der Waals surface area (Å²) >= 11 is 1.31. The monoisotopic (exact) mass is 283 g/mol. The molecule has 0 saturated carbocycles. The third-order valence-corrected chi connectivity index (χ3v) is 3.99. The number of rotatable bonds is 5. The van der Waals surface area contributed by atoms with E-state index in [1.165, 1.54) is 16.7 Å². The Bertz CT molecular complexity index is 455. The number of nitrogens with zero attached hydrogens (tertiary/aromatic N) is 1. The van der Waals surface area contributed by atoms with Crippen LogP contribution in [0, 0.1) is 5.92 Å². The van der Waals surface area contributed by atoms with Crippen molar-refractivity contribution in [1.29, 1.82) is 0 Å². The highest BCUT2D eigenvalue weighted by Crippen LogP contribution is 2.11. The molecule has 0 aromatic carbocycles. The van der Waals surface area contributed by atoms with Crippen molar-refractivity contribution in [2.24, 2.45) is 5.92 Å². The molecule has 2 rings (SSSR count). The SMILES string of the molecule is O=C(O)c1csc(CCNC(=O)[C@@H]2CCCNC2)n1. The van der Waals surface area contributed by atoms with Gasteiger partial charge in [0.15, 0.2) is 5.69 Å². The summed E-state index contributed by atoms with van der Waals surface area (Å²) in [5, 5.41) is 17.1. The second-order valence-electron chi connectivity index (χ2n) is 4.52. The third-order valence-electron chi connectivity index (χ3n) is 3.08. The first kappa shape index (κ1) is 14.0. The quantitative estimate of drug-likeness (QED) is 0.732. The second-order valence-corrected chi connectivity index (χ2v) is 5.46. The molecule has 2 heterocycles. The Balaban J connectivity index is 1.73. The van der Waals surface area contributed by atoms with Crippen LogP contribution in [0.5, 0.6) is 0 Å². The predicted molar refractivity (Wildman–Crippen MR) is 71.4 cm³/mol. The zero-order valence-electron chi connectivity index (χ0n) is 10.5. The van der Waals surface area contributed by atoms with E-state index in [-0.39, 0.29) is 17.5 Å². The minimum absolute atomic E-state index is 0.0552. The molecule has 0 radical (unpaired) electrons. The average molecular weight is 283 g/mol. The summed E-state index contributed by atoms with van der Waals surface area (Å²) in [6.45, 7) is 2.23. The van der Waals surface area contributed by atoms with Crippen LogP contribution < -0.4 is 10.6 Å². The van der Waals surface area contributed by atoms with Crippen LogP contribution in [0.3, 0.4) is 0 Å². The van der Waals surface area contributed by atoms with E-state index in [9.17, 15) is 9.59 Å². The number of nitrogens with one attached hydrogen (secondary N) is 2. The van der Waals surface area contributed by atoms with Gasteiger partial charge in [0.1, 0.15) is 0 Å². The first-order chi connectivity index (χ1) is 9.16. The number of carbonyl (C=O) groups excluding carboxylic acids is 1. The lowest BCUT2D eigenvalue weighted by Gasteiger charge is -2.21. The van der Waals surface area contributed by atoms with E-state index in [0.29, 0.717) is 13.0 Å². The van der Waals surface area contributed by atoms with Gasteiger partial charge in [-0.05, 0) is 19.4 Å². The molecule has 19 heavy (non-hydrogen) atoms. The molecule has 6 nitrogen and oxygen atoms in total. The van der Waals surface area contributed by atoms with Gasteiger partial charge in [-0.2, -0.15) is 0 Å². The highest BCUT2D eigenvalue weighted by molar-refractivity contribution is 7.09. The largest absolute Gasteiger partial charge is 0.476 e. The number of amides is 1. The summed E-state index contributed by atoms with van der Waals surface area (Å²) in [7, 11) is 0. The van der Waals surface area contributed by atoms with Gasteiger partial charge in [-0.3, -0.25) is 4.79 Å². The molecule has 1 saturated heterocycles. The third kappa shape index (κ3) is 4.00. The summed E-state index contributed by atoms with van der Waals surface area (Å²) in [6, 6.07) is 0. The second kappa shape index (κ2) is 6.63. The number of thiazole rings is 1. The van der Waals surface area contributed by atoms with Crippen LogP contribution >= 0.6 is 11.3 Å². The molecule has 1 atom stereocenters. The van der Waals surface area contributed by atoms with Crippen LogP contribution in [0.25, 0.3) is 0 Å². The number of aromatic nitrogens is 1. The van der Waals surface area contributed by atoms with Crippen LogP contribution in [0.2, 0.25) is 0 Å². The van der Waals surface area contributed by atoms with Crippen molar-refractivity contribution in [2.75, 3.05) is 19.6 Å². The predicted octanol–water partition coefficient (Wildman–Crippen LogP) is 0.500. The Morgan fingerprint density at radius 1 is 1.58 bits per heavy atom. The molecular formula is C12H17N3O3S. The molecule has 7 heteroatoms. The van der Waals surface area contributed by atoms with Gasteiger partial charge in [0.2, 0.25) is 5.91 Å². The maximum absolute atomic E-state index is 11.8. The average Bonchev–Trinajstić information content (AvgIpc) is 2.89. The number of hydrogen-bond donors (Lipinski definition) is 3. The van der Waals surface area contributed by atoms with Crippen LogP contribution in [0.15, 0.2) is 5.38 Å². The lowest BCUT2D eigenvalue weighted by molar-refractivity contribution is -0.125. The van der Waals surface area contributed by atoms with Crippen molar-refractivity contribution in [3.05, 3.63) is 16.1 Å². The van der Waals surface area contributed by atoms with Gasteiger partial charge in [0, 0.05) is 24.9 Å². The van der Waals surface area contributed by atoms with Gasteiger partial charge in [-0.15, -0.1) is 11.3 Å². The van der Waals surface area contributed by atoms with Crippen LogP contribution in [-0.4, -0.2) is 41.6 Å². The molecule has 0 unspecified atom stereocenters. The van der Waals surface area contributed by atoms with Gasteiger partial charge >= 0.3 is 5.97 Å². The van der Waals surface area contributed by atoms with Gasteiger partial charge in [0.25, 0.3) is 0 Å². The number of carbonyl (C=O) groups is 2. The fraction of sp³-hybridized carbons (Fsp3) is 0.583. The zero-order valence-corrected chi connectivity index (χ0v) is 11.3. The normalized spacial score (nSPS) is 19.1. The van der Waals surface area contributed by atoms with E-state index in [0.717, 1.165) is 30.9 Å². The molecule has 3 N–H and O–H groups in total. The molecule has 1 aliphatic heterocycles. The summed E-state index contributed by atoms with van der Waals surface area (Å²) in [6.07, 6.45) is 2.54. The van der Waals surface area contributed by atoms with Gasteiger partial charge in [-0.25, -0.2) is 9.78 Å². The number of carboxylic acids is 1. The highest BCUT2D eigenvalue weighted by Gasteiger charge is 2.20. The molecule has 0 bridgehead atoms. The smallest absolute Gasteiger partial charge is 0.355 e. The summed E-state index contributed by atoms with van der Waals surface area (Å²) in [4.78, 5) is 26.5. The van der Waals surface area contributed by atoms with Gasteiger partial charge in [0.05, 0.1) is 10.9 Å². The van der Waals surface area contributed by atoms with Crippen molar-refractivity contribution in [1.82, 2.24) is 15.6 Å². The Morgan fingerprint density at radius 2 is 2.42 bits per heavy atom. The molecule has 1 aromatic heterocycles. The van der Waals surface area contributed by atoms with E-state index < -0.39 is 5.97 Å². The van der Waals surface area contributed by atoms with Crippen LogP contribution in [0.4, 0.5) is 0 Å². The Hall–Kier alpha value is -1.47. The lowest BCUT2D eigenvalue weighted by atomic mass is 9.99. The molecule has 1 fully saturated rings.